The van der Waals surface area contributed by atoms with Crippen LogP contribution in [-0.2, 0) is 4.79 Å². The molecule has 1 N–H and O–H groups in total. The molecule has 0 aliphatic rings. The third-order valence-electron chi connectivity index (χ3n) is 0.931. The van der Waals surface area contributed by atoms with Gasteiger partial charge in [0, 0.05) is 6.42 Å². The van der Waals surface area contributed by atoms with E-state index < -0.39 is 6.10 Å². The second-order valence-electron chi connectivity index (χ2n) is 2.12. The van der Waals surface area contributed by atoms with Crippen molar-refractivity contribution in [2.75, 3.05) is 0 Å². The van der Waals surface area contributed by atoms with Crippen molar-refractivity contribution in [3.05, 3.63) is 11.6 Å². The highest BCUT2D eigenvalue weighted by Gasteiger charge is 1.90. The van der Waals surface area contributed by atoms with Gasteiger partial charge >= 0.3 is 0 Å². The zero-order valence-corrected chi connectivity index (χ0v) is 5.79. The second-order valence-corrected chi connectivity index (χ2v) is 2.12. The minimum absolute atomic E-state index is 0.422. The number of aliphatic hydroxyl groups excluding tert-OH is 1. The molecule has 0 radical (unpaired) electrons. The molecule has 0 heterocycles. The number of allylic oxidation sites excluding steroid dienone is 1. The van der Waals surface area contributed by atoms with E-state index in [4.69, 9.17) is 5.11 Å². The number of rotatable bonds is 3. The predicted molar refractivity (Wildman–Crippen MR) is 36.1 cm³/mol. The maximum absolute atomic E-state index is 9.87. The SMILES string of the molecule is C/C(=C\C(C)O)CC=O. The second kappa shape index (κ2) is 4.27. The molecule has 52 valence electrons. The monoisotopic (exact) mass is 128 g/mol. The van der Waals surface area contributed by atoms with Crippen LogP contribution in [0.4, 0.5) is 0 Å². The topological polar surface area (TPSA) is 37.3 Å². The summed E-state index contributed by atoms with van der Waals surface area (Å²) in [5, 5.41) is 8.76. The number of aliphatic hydroxyl groups is 1. The first-order valence-electron chi connectivity index (χ1n) is 2.96. The van der Waals surface area contributed by atoms with Gasteiger partial charge in [-0.05, 0) is 13.8 Å². The van der Waals surface area contributed by atoms with Crippen molar-refractivity contribution >= 4 is 6.29 Å². The highest BCUT2D eigenvalue weighted by molar-refractivity contribution is 5.53. The van der Waals surface area contributed by atoms with E-state index in [0.717, 1.165) is 11.9 Å². The van der Waals surface area contributed by atoms with Gasteiger partial charge in [0.25, 0.3) is 0 Å². The molecule has 0 rings (SSSR count). The van der Waals surface area contributed by atoms with Crippen LogP contribution in [0.25, 0.3) is 0 Å². The van der Waals surface area contributed by atoms with Gasteiger partial charge in [0.05, 0.1) is 6.10 Å². The summed E-state index contributed by atoms with van der Waals surface area (Å²) in [6.45, 7) is 3.48. The lowest BCUT2D eigenvalue weighted by atomic mass is 10.2. The molecule has 1 unspecified atom stereocenters. The molecule has 0 aliphatic heterocycles. The van der Waals surface area contributed by atoms with Crippen LogP contribution in [0, 0.1) is 0 Å². The van der Waals surface area contributed by atoms with Crippen molar-refractivity contribution in [2.45, 2.75) is 26.4 Å². The van der Waals surface area contributed by atoms with E-state index in [1.807, 2.05) is 6.92 Å². The molecule has 0 amide bonds. The summed E-state index contributed by atoms with van der Waals surface area (Å²) >= 11 is 0. The Balaban J connectivity index is 3.68. The molecule has 0 bridgehead atoms. The molecule has 2 heteroatoms. The highest BCUT2D eigenvalue weighted by Crippen LogP contribution is 1.97. The largest absolute Gasteiger partial charge is 0.389 e. The fourth-order valence-corrected chi connectivity index (χ4v) is 0.611. The molecule has 0 fully saturated rings. The van der Waals surface area contributed by atoms with E-state index in [1.54, 1.807) is 13.0 Å². The molecular weight excluding hydrogens is 116 g/mol. The highest BCUT2D eigenvalue weighted by atomic mass is 16.3. The third-order valence-corrected chi connectivity index (χ3v) is 0.931. The Morgan fingerprint density at radius 3 is 2.67 bits per heavy atom. The summed E-state index contributed by atoms with van der Waals surface area (Å²) in [6.07, 6.45) is 2.47. The fraction of sp³-hybridized carbons (Fsp3) is 0.571. The lowest BCUT2D eigenvalue weighted by molar-refractivity contribution is -0.107. The normalized spacial score (nSPS) is 15.2. The van der Waals surface area contributed by atoms with Crippen LogP contribution in [0.1, 0.15) is 20.3 Å². The standard InChI is InChI=1S/C7H12O2/c1-6(3-4-8)5-7(2)9/h4-5,7,9H,3H2,1-2H3/b6-5+. The summed E-state index contributed by atoms with van der Waals surface area (Å²) in [7, 11) is 0. The number of carbonyl (C=O) groups is 1. The van der Waals surface area contributed by atoms with E-state index in [2.05, 4.69) is 0 Å². The van der Waals surface area contributed by atoms with Gasteiger partial charge in [0.2, 0.25) is 0 Å². The van der Waals surface area contributed by atoms with E-state index in [0.29, 0.717) is 6.42 Å². The van der Waals surface area contributed by atoms with Gasteiger partial charge < -0.3 is 9.90 Å². The quantitative estimate of drug-likeness (QED) is 0.453. The maximum Gasteiger partial charge on any atom is 0.124 e. The van der Waals surface area contributed by atoms with Crippen LogP contribution in [0.2, 0.25) is 0 Å². The summed E-state index contributed by atoms with van der Waals surface area (Å²) in [5.74, 6) is 0. The summed E-state index contributed by atoms with van der Waals surface area (Å²) in [5.41, 5.74) is 0.917. The van der Waals surface area contributed by atoms with Gasteiger partial charge in [-0.15, -0.1) is 0 Å². The number of aldehydes is 1. The molecule has 2 nitrogen and oxygen atoms in total. The number of hydrogen-bond donors (Lipinski definition) is 1. The Hall–Kier alpha value is -0.630. The number of carbonyl (C=O) groups excluding carboxylic acids is 1. The molecule has 1 atom stereocenters. The molecule has 9 heavy (non-hydrogen) atoms. The van der Waals surface area contributed by atoms with Crippen molar-refractivity contribution in [1.29, 1.82) is 0 Å². The summed E-state index contributed by atoms with van der Waals surface area (Å²) in [6, 6.07) is 0. The Morgan fingerprint density at radius 2 is 2.33 bits per heavy atom. The Kier molecular flexibility index (Phi) is 3.97. The third kappa shape index (κ3) is 5.24. The first kappa shape index (κ1) is 8.37. The average Bonchev–Trinajstić information content (AvgIpc) is 1.63. The maximum atomic E-state index is 9.87. The van der Waals surface area contributed by atoms with Gasteiger partial charge in [-0.25, -0.2) is 0 Å². The first-order valence-corrected chi connectivity index (χ1v) is 2.96. The van der Waals surface area contributed by atoms with Crippen LogP contribution in [0.15, 0.2) is 11.6 Å². The molecule has 0 aromatic rings. The van der Waals surface area contributed by atoms with E-state index in [1.165, 1.54) is 0 Å². The molecule has 0 spiro atoms. The zero-order valence-electron chi connectivity index (χ0n) is 5.79. The van der Waals surface area contributed by atoms with Crippen molar-refractivity contribution in [2.24, 2.45) is 0 Å². The van der Waals surface area contributed by atoms with Crippen molar-refractivity contribution < 1.29 is 9.90 Å². The predicted octanol–water partition coefficient (Wildman–Crippen LogP) is 0.903. The fourth-order valence-electron chi connectivity index (χ4n) is 0.611. The molecule has 0 aromatic carbocycles. The van der Waals surface area contributed by atoms with Crippen LogP contribution in [0.5, 0.6) is 0 Å². The van der Waals surface area contributed by atoms with E-state index >= 15 is 0 Å². The summed E-state index contributed by atoms with van der Waals surface area (Å²) < 4.78 is 0. The number of hydrogen-bond acceptors (Lipinski definition) is 2. The van der Waals surface area contributed by atoms with Crippen LogP contribution < -0.4 is 0 Å². The van der Waals surface area contributed by atoms with Gasteiger partial charge in [0.15, 0.2) is 0 Å². The molecule has 0 aliphatic carbocycles. The van der Waals surface area contributed by atoms with Gasteiger partial charge in [-0.1, -0.05) is 11.6 Å². The van der Waals surface area contributed by atoms with Gasteiger partial charge in [0.1, 0.15) is 6.29 Å². The van der Waals surface area contributed by atoms with Gasteiger partial charge in [-0.3, -0.25) is 0 Å². The Bertz CT molecular complexity index is 114. The van der Waals surface area contributed by atoms with Gasteiger partial charge in [-0.2, -0.15) is 0 Å². The summed E-state index contributed by atoms with van der Waals surface area (Å²) in [4.78, 5) is 9.87. The molecule has 0 saturated heterocycles. The molecular formula is C7H12O2. The van der Waals surface area contributed by atoms with E-state index in [9.17, 15) is 4.79 Å². The van der Waals surface area contributed by atoms with Crippen LogP contribution in [-0.4, -0.2) is 17.5 Å². The van der Waals surface area contributed by atoms with Crippen LogP contribution >= 0.6 is 0 Å². The van der Waals surface area contributed by atoms with Crippen molar-refractivity contribution in [1.82, 2.24) is 0 Å². The molecule has 0 saturated carbocycles. The lowest BCUT2D eigenvalue weighted by Gasteiger charge is -1.96. The lowest BCUT2D eigenvalue weighted by Crippen LogP contribution is -1.94. The first-order chi connectivity index (χ1) is 4.16. The van der Waals surface area contributed by atoms with Crippen LogP contribution in [0.3, 0.4) is 0 Å². The zero-order chi connectivity index (χ0) is 7.28. The molecule has 0 aromatic heterocycles. The Labute approximate surface area is 55.2 Å². The van der Waals surface area contributed by atoms with E-state index in [-0.39, 0.29) is 0 Å². The average molecular weight is 128 g/mol. The minimum atomic E-state index is -0.440. The Morgan fingerprint density at radius 1 is 1.78 bits per heavy atom. The van der Waals surface area contributed by atoms with Crippen molar-refractivity contribution in [3.8, 4) is 0 Å². The minimum Gasteiger partial charge on any atom is -0.389 e. The smallest absolute Gasteiger partial charge is 0.124 e. The van der Waals surface area contributed by atoms with Crippen molar-refractivity contribution in [3.63, 3.8) is 0 Å².